The molecular weight excluding hydrogens is 377 g/mol. The van der Waals surface area contributed by atoms with Crippen LogP contribution in [0.5, 0.6) is 0 Å². The highest BCUT2D eigenvalue weighted by Crippen LogP contribution is 2.40. The summed E-state index contributed by atoms with van der Waals surface area (Å²) in [5.74, 6) is -1.53. The quantitative estimate of drug-likeness (QED) is 0.688. The van der Waals surface area contributed by atoms with Crippen LogP contribution in [0.1, 0.15) is 9.67 Å². The van der Waals surface area contributed by atoms with E-state index in [1.165, 1.54) is 24.5 Å². The Morgan fingerprint density at radius 3 is 2.38 bits per heavy atom. The second-order valence-electron chi connectivity index (χ2n) is 5.40. The number of sulfonamides is 1. The van der Waals surface area contributed by atoms with Gasteiger partial charge < -0.3 is 4.74 Å². The van der Waals surface area contributed by atoms with Crippen molar-refractivity contribution in [3.63, 3.8) is 0 Å². The number of carbonyl (C=O) groups excluding carboxylic acids is 1. The van der Waals surface area contributed by atoms with Crippen LogP contribution in [0.3, 0.4) is 0 Å². The molecule has 5 nitrogen and oxygen atoms in total. The SMILES string of the molecule is COC(=O)c1scc(-c2ccccc2)c1-c1ccc(S(N)(=O)=O)c(F)c1. The molecule has 134 valence electrons. The molecule has 0 fully saturated rings. The molecule has 0 unspecified atom stereocenters. The number of thiophene rings is 1. The fourth-order valence-electron chi connectivity index (χ4n) is 2.60. The van der Waals surface area contributed by atoms with Crippen molar-refractivity contribution in [2.45, 2.75) is 4.90 Å². The van der Waals surface area contributed by atoms with Gasteiger partial charge in [0.25, 0.3) is 0 Å². The minimum absolute atomic E-state index is 0.300. The Balaban J connectivity index is 2.25. The van der Waals surface area contributed by atoms with Crippen molar-refractivity contribution in [2.75, 3.05) is 7.11 Å². The third-order valence-corrected chi connectivity index (χ3v) is 5.68. The molecule has 26 heavy (non-hydrogen) atoms. The third kappa shape index (κ3) is 3.39. The number of halogens is 1. The van der Waals surface area contributed by atoms with Crippen molar-refractivity contribution in [3.8, 4) is 22.3 Å². The summed E-state index contributed by atoms with van der Waals surface area (Å²) in [5.41, 5.74) is 2.40. The first kappa shape index (κ1) is 18.2. The zero-order chi connectivity index (χ0) is 18.9. The summed E-state index contributed by atoms with van der Waals surface area (Å²) in [6.45, 7) is 0. The van der Waals surface area contributed by atoms with Gasteiger partial charge in [0.2, 0.25) is 10.0 Å². The highest BCUT2D eigenvalue weighted by molar-refractivity contribution is 7.89. The van der Waals surface area contributed by atoms with Gasteiger partial charge in [-0.15, -0.1) is 11.3 Å². The molecular formula is C18H14FNO4S2. The first-order valence-corrected chi connectivity index (χ1v) is 9.83. The number of hydrogen-bond donors (Lipinski definition) is 1. The van der Waals surface area contributed by atoms with E-state index in [2.05, 4.69) is 0 Å². The van der Waals surface area contributed by atoms with Crippen LogP contribution in [0.4, 0.5) is 4.39 Å². The lowest BCUT2D eigenvalue weighted by Crippen LogP contribution is -2.14. The number of benzene rings is 2. The van der Waals surface area contributed by atoms with E-state index in [4.69, 9.17) is 9.88 Å². The van der Waals surface area contributed by atoms with Gasteiger partial charge in [-0.25, -0.2) is 22.7 Å². The van der Waals surface area contributed by atoms with Crippen molar-refractivity contribution in [2.24, 2.45) is 5.14 Å². The van der Waals surface area contributed by atoms with Gasteiger partial charge >= 0.3 is 5.97 Å². The van der Waals surface area contributed by atoms with Gasteiger partial charge in [-0.1, -0.05) is 36.4 Å². The summed E-state index contributed by atoms with van der Waals surface area (Å²) in [6.07, 6.45) is 0. The molecule has 0 atom stereocenters. The number of nitrogens with two attached hydrogens (primary N) is 1. The fraction of sp³-hybridized carbons (Fsp3) is 0.0556. The van der Waals surface area contributed by atoms with Crippen LogP contribution >= 0.6 is 11.3 Å². The first-order valence-electron chi connectivity index (χ1n) is 7.41. The van der Waals surface area contributed by atoms with Crippen LogP contribution in [0, 0.1) is 5.82 Å². The molecule has 0 saturated carbocycles. The van der Waals surface area contributed by atoms with Gasteiger partial charge in [-0.05, 0) is 23.3 Å². The zero-order valence-corrected chi connectivity index (χ0v) is 15.2. The molecule has 1 heterocycles. The summed E-state index contributed by atoms with van der Waals surface area (Å²) in [6, 6.07) is 12.8. The van der Waals surface area contributed by atoms with E-state index in [0.29, 0.717) is 16.0 Å². The van der Waals surface area contributed by atoms with Gasteiger partial charge in [-0.3, -0.25) is 0 Å². The number of primary sulfonamides is 1. The standard InChI is InChI=1S/C18H14FNO4S2/c1-24-18(21)17-16(13(10-25-17)11-5-3-2-4-6-11)12-7-8-15(14(19)9-12)26(20,22)23/h2-10H,1H3,(H2,20,22,23). The van der Waals surface area contributed by atoms with Crippen molar-refractivity contribution < 1.29 is 22.3 Å². The summed E-state index contributed by atoms with van der Waals surface area (Å²) in [5, 5.41) is 6.79. The molecule has 0 amide bonds. The van der Waals surface area contributed by atoms with E-state index in [-0.39, 0.29) is 0 Å². The molecule has 0 aliphatic heterocycles. The maximum absolute atomic E-state index is 14.3. The summed E-state index contributed by atoms with van der Waals surface area (Å²) in [7, 11) is -2.91. The van der Waals surface area contributed by atoms with Crippen LogP contribution in [0.25, 0.3) is 22.3 Å². The van der Waals surface area contributed by atoms with E-state index in [0.717, 1.165) is 23.3 Å². The van der Waals surface area contributed by atoms with E-state index in [1.807, 2.05) is 30.3 Å². The minimum Gasteiger partial charge on any atom is -0.465 e. The largest absolute Gasteiger partial charge is 0.465 e. The molecule has 3 aromatic rings. The lowest BCUT2D eigenvalue weighted by molar-refractivity contribution is 0.0607. The predicted octanol–water partition coefficient (Wildman–Crippen LogP) is 3.66. The molecule has 0 radical (unpaired) electrons. The van der Waals surface area contributed by atoms with Gasteiger partial charge in [-0.2, -0.15) is 0 Å². The lowest BCUT2D eigenvalue weighted by atomic mass is 9.97. The molecule has 0 aliphatic rings. The van der Waals surface area contributed by atoms with E-state index >= 15 is 0 Å². The molecule has 8 heteroatoms. The van der Waals surface area contributed by atoms with Crippen molar-refractivity contribution >= 4 is 27.3 Å². The Morgan fingerprint density at radius 2 is 1.81 bits per heavy atom. The molecule has 2 aromatic carbocycles. The highest BCUT2D eigenvalue weighted by atomic mass is 32.2. The van der Waals surface area contributed by atoms with Crippen LogP contribution in [0.15, 0.2) is 58.8 Å². The Morgan fingerprint density at radius 1 is 1.12 bits per heavy atom. The number of hydrogen-bond acceptors (Lipinski definition) is 5. The van der Waals surface area contributed by atoms with Gasteiger partial charge in [0.05, 0.1) is 7.11 Å². The number of rotatable bonds is 4. The summed E-state index contributed by atoms with van der Waals surface area (Å²) >= 11 is 1.17. The Hall–Kier alpha value is -2.55. The molecule has 0 saturated heterocycles. The summed E-state index contributed by atoms with van der Waals surface area (Å²) < 4.78 is 42.0. The first-order chi connectivity index (χ1) is 12.3. The molecule has 0 aliphatic carbocycles. The van der Waals surface area contributed by atoms with Crippen molar-refractivity contribution in [3.05, 3.63) is 64.6 Å². The molecule has 2 N–H and O–H groups in total. The van der Waals surface area contributed by atoms with Crippen LogP contribution in [-0.2, 0) is 14.8 Å². The maximum Gasteiger partial charge on any atom is 0.348 e. The molecule has 0 bridgehead atoms. The average Bonchev–Trinajstić information content (AvgIpc) is 3.05. The molecule has 3 rings (SSSR count). The normalized spacial score (nSPS) is 11.3. The number of esters is 1. The molecule has 1 aromatic heterocycles. The number of methoxy groups -OCH3 is 1. The topological polar surface area (TPSA) is 86.5 Å². The Bertz CT molecular complexity index is 1080. The average molecular weight is 391 g/mol. The second kappa shape index (κ2) is 6.99. The second-order valence-corrected chi connectivity index (χ2v) is 7.81. The van der Waals surface area contributed by atoms with Gasteiger partial charge in [0, 0.05) is 16.5 Å². The van der Waals surface area contributed by atoms with Crippen molar-refractivity contribution in [1.29, 1.82) is 0 Å². The number of carbonyl (C=O) groups is 1. The van der Waals surface area contributed by atoms with Gasteiger partial charge in [0.15, 0.2) is 0 Å². The van der Waals surface area contributed by atoms with Crippen LogP contribution in [0.2, 0.25) is 0 Å². The highest BCUT2D eigenvalue weighted by Gasteiger charge is 2.23. The fourth-order valence-corrected chi connectivity index (χ4v) is 4.21. The monoisotopic (exact) mass is 391 g/mol. The number of ether oxygens (including phenoxy) is 1. The Kier molecular flexibility index (Phi) is 4.90. The predicted molar refractivity (Wildman–Crippen MR) is 97.9 cm³/mol. The summed E-state index contributed by atoms with van der Waals surface area (Å²) in [4.78, 5) is 11.8. The minimum atomic E-state index is -4.18. The van der Waals surface area contributed by atoms with E-state index < -0.39 is 26.7 Å². The van der Waals surface area contributed by atoms with Crippen molar-refractivity contribution in [1.82, 2.24) is 0 Å². The van der Waals surface area contributed by atoms with Crippen LogP contribution in [-0.4, -0.2) is 21.5 Å². The van der Waals surface area contributed by atoms with E-state index in [9.17, 15) is 17.6 Å². The smallest absolute Gasteiger partial charge is 0.348 e. The maximum atomic E-state index is 14.3. The van der Waals surface area contributed by atoms with Crippen LogP contribution < -0.4 is 5.14 Å². The molecule has 0 spiro atoms. The van der Waals surface area contributed by atoms with Gasteiger partial charge in [0.1, 0.15) is 15.6 Å². The third-order valence-electron chi connectivity index (χ3n) is 3.77. The van der Waals surface area contributed by atoms with E-state index in [1.54, 1.807) is 5.38 Å². The Labute approximate surface area is 153 Å². The lowest BCUT2D eigenvalue weighted by Gasteiger charge is -2.09. The zero-order valence-electron chi connectivity index (χ0n) is 13.6.